The minimum atomic E-state index is 0. The number of benzene rings is 1. The van der Waals surface area contributed by atoms with E-state index in [2.05, 4.69) is 40.0 Å². The van der Waals surface area contributed by atoms with Gasteiger partial charge in [0, 0.05) is 24.0 Å². The number of aliphatic imine (C=N–C) groups is 1. The molecule has 3 rings (SSSR count). The third-order valence-corrected chi connectivity index (χ3v) is 6.17. The van der Waals surface area contributed by atoms with Crippen LogP contribution in [0.5, 0.6) is 11.5 Å². The van der Waals surface area contributed by atoms with E-state index < -0.39 is 0 Å². The highest BCUT2D eigenvalue weighted by molar-refractivity contribution is 14.0. The number of hydrogen-bond donors (Lipinski definition) is 3. The molecule has 1 fully saturated rings. The van der Waals surface area contributed by atoms with E-state index in [9.17, 15) is 5.11 Å². The van der Waals surface area contributed by atoms with Crippen LogP contribution in [0.1, 0.15) is 36.2 Å². The summed E-state index contributed by atoms with van der Waals surface area (Å²) >= 11 is 1.81. The number of guanidine groups is 1. The van der Waals surface area contributed by atoms with Crippen LogP contribution in [0, 0.1) is 0 Å². The van der Waals surface area contributed by atoms with Crippen LogP contribution in [-0.4, -0.2) is 55.8 Å². The average Bonchev–Trinajstić information content (AvgIpc) is 3.44. The van der Waals surface area contributed by atoms with Gasteiger partial charge >= 0.3 is 0 Å². The molecule has 1 unspecified atom stereocenters. The average molecular weight is 545 g/mol. The number of phenols is 1. The first-order valence-electron chi connectivity index (χ1n) is 10.4. The van der Waals surface area contributed by atoms with Crippen LogP contribution in [0.15, 0.2) is 40.7 Å². The van der Waals surface area contributed by atoms with Crippen molar-refractivity contribution in [1.29, 1.82) is 0 Å². The molecule has 166 valence electrons. The second kappa shape index (κ2) is 13.0. The molecule has 30 heavy (non-hydrogen) atoms. The highest BCUT2D eigenvalue weighted by Gasteiger charge is 2.24. The molecule has 2 aromatic rings. The Morgan fingerprint density at radius 1 is 1.27 bits per heavy atom. The number of nitrogens with one attached hydrogen (secondary N) is 2. The van der Waals surface area contributed by atoms with Crippen LogP contribution in [0.3, 0.4) is 0 Å². The number of aromatic hydroxyl groups is 1. The first-order valence-corrected chi connectivity index (χ1v) is 11.2. The van der Waals surface area contributed by atoms with Gasteiger partial charge in [-0.1, -0.05) is 12.1 Å². The van der Waals surface area contributed by atoms with Gasteiger partial charge in [0.15, 0.2) is 5.96 Å². The summed E-state index contributed by atoms with van der Waals surface area (Å²) in [4.78, 5) is 8.81. The monoisotopic (exact) mass is 544 g/mol. The van der Waals surface area contributed by atoms with Gasteiger partial charge in [-0.15, -0.1) is 35.3 Å². The number of phenolic OH excluding ortho intramolecular Hbond substituents is 1. The van der Waals surface area contributed by atoms with Gasteiger partial charge in [-0.25, -0.2) is 0 Å². The lowest BCUT2D eigenvalue weighted by Gasteiger charge is -2.25. The molecule has 0 amide bonds. The van der Waals surface area contributed by atoms with Crippen molar-refractivity contribution in [2.75, 3.05) is 39.8 Å². The molecule has 0 radical (unpaired) electrons. The zero-order chi connectivity index (χ0) is 20.5. The van der Waals surface area contributed by atoms with Gasteiger partial charge in [0.1, 0.15) is 11.5 Å². The third kappa shape index (κ3) is 7.02. The second-order valence-corrected chi connectivity index (χ2v) is 8.14. The molecule has 1 aliphatic heterocycles. The van der Waals surface area contributed by atoms with Crippen molar-refractivity contribution in [3.63, 3.8) is 0 Å². The number of nitrogens with zero attached hydrogens (tertiary/aromatic N) is 2. The number of methoxy groups -OCH3 is 1. The van der Waals surface area contributed by atoms with Crippen molar-refractivity contribution < 1.29 is 9.84 Å². The lowest BCUT2D eigenvalue weighted by Crippen LogP contribution is -2.39. The Balaban J connectivity index is 0.00000320. The second-order valence-electron chi connectivity index (χ2n) is 7.17. The summed E-state index contributed by atoms with van der Waals surface area (Å²) in [7, 11) is 1.60. The molecule has 1 aliphatic rings. The topological polar surface area (TPSA) is 69.1 Å². The maximum absolute atomic E-state index is 10.1. The molecule has 0 bridgehead atoms. The van der Waals surface area contributed by atoms with Gasteiger partial charge in [0.05, 0.1) is 19.7 Å². The van der Waals surface area contributed by atoms with Crippen molar-refractivity contribution in [3.05, 3.63) is 46.2 Å². The number of rotatable bonds is 9. The molecular weight excluding hydrogens is 511 g/mol. The Morgan fingerprint density at radius 2 is 2.07 bits per heavy atom. The highest BCUT2D eigenvalue weighted by atomic mass is 127. The largest absolute Gasteiger partial charge is 0.508 e. The summed E-state index contributed by atoms with van der Waals surface area (Å²) < 4.78 is 5.14. The van der Waals surface area contributed by atoms with E-state index in [-0.39, 0.29) is 29.7 Å². The molecule has 0 aliphatic carbocycles. The molecule has 1 saturated heterocycles. The number of likely N-dealkylation sites (tertiary alicyclic amines) is 1. The summed E-state index contributed by atoms with van der Waals surface area (Å²) in [6.45, 7) is 6.62. The van der Waals surface area contributed by atoms with Gasteiger partial charge in [-0.2, -0.15) is 0 Å². The molecule has 0 saturated carbocycles. The molecule has 0 spiro atoms. The molecule has 2 heterocycles. The first-order chi connectivity index (χ1) is 14.2. The fraction of sp³-hybridized carbons (Fsp3) is 0.500. The lowest BCUT2D eigenvalue weighted by atomic mass is 10.1. The van der Waals surface area contributed by atoms with Crippen LogP contribution in [-0.2, 0) is 6.42 Å². The van der Waals surface area contributed by atoms with Gasteiger partial charge < -0.3 is 20.5 Å². The fourth-order valence-electron chi connectivity index (χ4n) is 3.64. The zero-order valence-electron chi connectivity index (χ0n) is 17.8. The van der Waals surface area contributed by atoms with E-state index >= 15 is 0 Å². The lowest BCUT2D eigenvalue weighted by molar-refractivity contribution is 0.255. The summed E-state index contributed by atoms with van der Waals surface area (Å²) in [5.74, 6) is 1.75. The fourth-order valence-corrected chi connectivity index (χ4v) is 4.49. The van der Waals surface area contributed by atoms with Crippen LogP contribution in [0.4, 0.5) is 0 Å². The van der Waals surface area contributed by atoms with E-state index in [1.807, 2.05) is 23.5 Å². The van der Waals surface area contributed by atoms with Crippen molar-refractivity contribution in [1.82, 2.24) is 15.5 Å². The predicted octanol–water partition coefficient (Wildman–Crippen LogP) is 4.02. The maximum atomic E-state index is 10.1. The smallest absolute Gasteiger partial charge is 0.191 e. The van der Waals surface area contributed by atoms with E-state index in [0.29, 0.717) is 24.8 Å². The summed E-state index contributed by atoms with van der Waals surface area (Å²) in [5, 5.41) is 19.0. The molecule has 3 N–H and O–H groups in total. The summed E-state index contributed by atoms with van der Waals surface area (Å²) in [6, 6.07) is 10.1. The minimum Gasteiger partial charge on any atom is -0.508 e. The van der Waals surface area contributed by atoms with Gasteiger partial charge in [0.2, 0.25) is 0 Å². The summed E-state index contributed by atoms with van der Waals surface area (Å²) in [5.41, 5.74) is 0.891. The first kappa shape index (κ1) is 24.7. The van der Waals surface area contributed by atoms with E-state index in [1.54, 1.807) is 13.2 Å². The molecular formula is C22H33IN4O2S. The predicted molar refractivity (Wildman–Crippen MR) is 136 cm³/mol. The minimum absolute atomic E-state index is 0. The normalized spacial score (nSPS) is 15.5. The maximum Gasteiger partial charge on any atom is 0.191 e. The van der Waals surface area contributed by atoms with Crippen molar-refractivity contribution in [2.24, 2.45) is 4.99 Å². The van der Waals surface area contributed by atoms with Crippen molar-refractivity contribution in [3.8, 4) is 11.5 Å². The Labute approximate surface area is 200 Å². The SMILES string of the molecule is CCNC(=NCC(c1cccs1)N1CCCC1)NCCc1ccc(OC)cc1O.I. The summed E-state index contributed by atoms with van der Waals surface area (Å²) in [6.07, 6.45) is 3.26. The highest BCUT2D eigenvalue weighted by Crippen LogP contribution is 2.28. The molecule has 1 aromatic heterocycles. The quantitative estimate of drug-likeness (QED) is 0.253. The third-order valence-electron chi connectivity index (χ3n) is 5.20. The number of hydrogen-bond acceptors (Lipinski definition) is 5. The molecule has 8 heteroatoms. The van der Waals surface area contributed by atoms with E-state index in [4.69, 9.17) is 9.73 Å². The zero-order valence-corrected chi connectivity index (χ0v) is 20.9. The van der Waals surface area contributed by atoms with Crippen LogP contribution in [0.2, 0.25) is 0 Å². The Bertz CT molecular complexity index is 779. The van der Waals surface area contributed by atoms with Gasteiger partial charge in [-0.3, -0.25) is 9.89 Å². The Kier molecular flexibility index (Phi) is 10.7. The molecule has 6 nitrogen and oxygen atoms in total. The standard InChI is InChI=1S/C22H32N4O2S.HI/c1-3-23-22(24-11-10-17-8-9-18(28-2)15-20(17)27)25-16-19(21-7-6-14-29-21)26-12-4-5-13-26;/h6-9,14-15,19,27H,3-5,10-13,16H2,1-2H3,(H2,23,24,25);1H. The van der Waals surface area contributed by atoms with Gasteiger partial charge in [0.25, 0.3) is 0 Å². The van der Waals surface area contributed by atoms with E-state index in [1.165, 1.54) is 17.7 Å². The molecule has 1 aromatic carbocycles. The number of ether oxygens (including phenoxy) is 1. The van der Waals surface area contributed by atoms with Crippen LogP contribution in [0.25, 0.3) is 0 Å². The van der Waals surface area contributed by atoms with Crippen molar-refractivity contribution in [2.45, 2.75) is 32.2 Å². The van der Waals surface area contributed by atoms with E-state index in [0.717, 1.165) is 37.7 Å². The van der Waals surface area contributed by atoms with Gasteiger partial charge in [-0.05, 0) is 62.4 Å². The van der Waals surface area contributed by atoms with Crippen molar-refractivity contribution >= 4 is 41.3 Å². The van der Waals surface area contributed by atoms with Crippen LogP contribution < -0.4 is 15.4 Å². The number of thiophene rings is 1. The Hall–Kier alpha value is -1.52. The Morgan fingerprint density at radius 3 is 2.70 bits per heavy atom. The van der Waals surface area contributed by atoms with Crippen LogP contribution >= 0.6 is 35.3 Å². The molecule has 1 atom stereocenters. The number of halogens is 1.